The van der Waals surface area contributed by atoms with Crippen molar-refractivity contribution in [3.8, 4) is 12.3 Å². The summed E-state index contributed by atoms with van der Waals surface area (Å²) in [6.45, 7) is 0.382. The monoisotopic (exact) mass is 192 g/mol. The van der Waals surface area contributed by atoms with E-state index in [-0.39, 0.29) is 31.1 Å². The standard InChI is InChI=1S/C10H12N2O2/c1-2-6-11-7-9(13)12(10(11)14)8-4-3-5-8/h1,8H,3-7H2. The van der Waals surface area contributed by atoms with Gasteiger partial charge in [0.1, 0.15) is 6.54 Å². The topological polar surface area (TPSA) is 40.6 Å². The van der Waals surface area contributed by atoms with Crippen LogP contribution in [-0.2, 0) is 4.79 Å². The van der Waals surface area contributed by atoms with E-state index in [1.54, 1.807) is 0 Å². The fourth-order valence-corrected chi connectivity index (χ4v) is 1.80. The summed E-state index contributed by atoms with van der Waals surface area (Å²) in [5.41, 5.74) is 0. The molecule has 0 bridgehead atoms. The van der Waals surface area contributed by atoms with E-state index in [1.165, 1.54) is 9.80 Å². The van der Waals surface area contributed by atoms with Gasteiger partial charge in [-0.15, -0.1) is 6.42 Å². The van der Waals surface area contributed by atoms with Gasteiger partial charge >= 0.3 is 6.03 Å². The second-order valence-electron chi connectivity index (χ2n) is 3.69. The van der Waals surface area contributed by atoms with E-state index in [0.29, 0.717) is 0 Å². The minimum Gasteiger partial charge on any atom is -0.304 e. The Morgan fingerprint density at radius 1 is 1.43 bits per heavy atom. The number of carbonyl (C=O) groups excluding carboxylic acids is 2. The van der Waals surface area contributed by atoms with Crippen LogP contribution in [0.5, 0.6) is 0 Å². The van der Waals surface area contributed by atoms with E-state index >= 15 is 0 Å². The van der Waals surface area contributed by atoms with Crippen molar-refractivity contribution in [2.45, 2.75) is 25.3 Å². The smallest absolute Gasteiger partial charge is 0.304 e. The molecular formula is C10H12N2O2. The number of nitrogens with zero attached hydrogens (tertiary/aromatic N) is 2. The molecule has 14 heavy (non-hydrogen) atoms. The van der Waals surface area contributed by atoms with Gasteiger partial charge in [-0.2, -0.15) is 0 Å². The first-order chi connectivity index (χ1) is 6.74. The molecule has 0 aromatic carbocycles. The van der Waals surface area contributed by atoms with Crippen LogP contribution < -0.4 is 0 Å². The number of hydrogen-bond donors (Lipinski definition) is 0. The highest BCUT2D eigenvalue weighted by atomic mass is 16.2. The van der Waals surface area contributed by atoms with Crippen molar-refractivity contribution in [1.82, 2.24) is 9.80 Å². The normalized spacial score (nSPS) is 22.5. The largest absolute Gasteiger partial charge is 0.328 e. The maximum absolute atomic E-state index is 11.7. The number of imide groups is 1. The molecule has 2 aliphatic rings. The molecule has 1 aliphatic heterocycles. The lowest BCUT2D eigenvalue weighted by atomic mass is 9.92. The summed E-state index contributed by atoms with van der Waals surface area (Å²) in [4.78, 5) is 26.0. The Morgan fingerprint density at radius 2 is 2.14 bits per heavy atom. The Kier molecular flexibility index (Phi) is 2.16. The molecule has 0 spiro atoms. The predicted molar refractivity (Wildman–Crippen MR) is 50.3 cm³/mol. The second kappa shape index (κ2) is 3.33. The van der Waals surface area contributed by atoms with Crippen LogP contribution in [0.4, 0.5) is 4.79 Å². The molecule has 0 atom stereocenters. The van der Waals surface area contributed by atoms with Crippen LogP contribution in [-0.4, -0.2) is 40.9 Å². The lowest BCUT2D eigenvalue weighted by Crippen LogP contribution is -2.44. The SMILES string of the molecule is C#CCN1CC(=O)N(C2CCC2)C1=O. The van der Waals surface area contributed by atoms with Gasteiger partial charge in [0.15, 0.2) is 0 Å². The van der Waals surface area contributed by atoms with Crippen molar-refractivity contribution in [2.24, 2.45) is 0 Å². The maximum atomic E-state index is 11.7. The zero-order chi connectivity index (χ0) is 10.1. The van der Waals surface area contributed by atoms with Crippen LogP contribution in [0, 0.1) is 12.3 Å². The van der Waals surface area contributed by atoms with Crippen LogP contribution in [0.15, 0.2) is 0 Å². The number of terminal acetylenes is 1. The van der Waals surface area contributed by atoms with Crippen LogP contribution in [0.25, 0.3) is 0 Å². The summed E-state index contributed by atoms with van der Waals surface area (Å²) in [6, 6.07) is -0.0737. The molecular weight excluding hydrogens is 180 g/mol. The summed E-state index contributed by atoms with van der Waals surface area (Å²) in [7, 11) is 0. The van der Waals surface area contributed by atoms with Crippen molar-refractivity contribution >= 4 is 11.9 Å². The Bertz CT molecular complexity index is 315. The van der Waals surface area contributed by atoms with Gasteiger partial charge in [-0.25, -0.2) is 4.79 Å². The van der Waals surface area contributed by atoms with E-state index in [9.17, 15) is 9.59 Å². The Hall–Kier alpha value is -1.50. The van der Waals surface area contributed by atoms with E-state index in [2.05, 4.69) is 5.92 Å². The number of carbonyl (C=O) groups is 2. The van der Waals surface area contributed by atoms with Crippen molar-refractivity contribution < 1.29 is 9.59 Å². The third-order valence-corrected chi connectivity index (χ3v) is 2.79. The summed E-state index contributed by atoms with van der Waals surface area (Å²) in [5, 5.41) is 0. The minimum absolute atomic E-state index is 0.102. The first-order valence-corrected chi connectivity index (χ1v) is 4.78. The summed E-state index contributed by atoms with van der Waals surface area (Å²) in [5.74, 6) is 2.28. The van der Waals surface area contributed by atoms with Gasteiger partial charge in [-0.3, -0.25) is 9.69 Å². The number of rotatable bonds is 2. The Morgan fingerprint density at radius 3 is 2.64 bits per heavy atom. The van der Waals surface area contributed by atoms with Gasteiger partial charge in [0, 0.05) is 6.04 Å². The third-order valence-electron chi connectivity index (χ3n) is 2.79. The molecule has 1 saturated carbocycles. The third kappa shape index (κ3) is 1.25. The fourth-order valence-electron chi connectivity index (χ4n) is 1.80. The Balaban J connectivity index is 2.08. The van der Waals surface area contributed by atoms with E-state index < -0.39 is 0 Å². The molecule has 3 amide bonds. The molecule has 0 radical (unpaired) electrons. The fraction of sp³-hybridized carbons (Fsp3) is 0.600. The molecule has 1 aliphatic carbocycles. The zero-order valence-corrected chi connectivity index (χ0v) is 7.90. The molecule has 0 unspecified atom stereocenters. The first kappa shape index (κ1) is 9.07. The molecule has 2 rings (SSSR count). The quantitative estimate of drug-likeness (QED) is 0.470. The van der Waals surface area contributed by atoms with Gasteiger partial charge in [0.2, 0.25) is 0 Å². The summed E-state index contributed by atoms with van der Waals surface area (Å²) >= 11 is 0. The molecule has 4 heteroatoms. The van der Waals surface area contributed by atoms with E-state index in [4.69, 9.17) is 6.42 Å². The van der Waals surface area contributed by atoms with E-state index in [0.717, 1.165) is 19.3 Å². The van der Waals surface area contributed by atoms with Gasteiger partial charge in [0.25, 0.3) is 5.91 Å². The number of amides is 3. The van der Waals surface area contributed by atoms with E-state index in [1.807, 2.05) is 0 Å². The number of urea groups is 1. The van der Waals surface area contributed by atoms with Gasteiger partial charge in [0.05, 0.1) is 6.54 Å². The van der Waals surface area contributed by atoms with Gasteiger partial charge in [-0.05, 0) is 19.3 Å². The zero-order valence-electron chi connectivity index (χ0n) is 7.90. The maximum Gasteiger partial charge on any atom is 0.328 e. The molecule has 0 aromatic heterocycles. The molecule has 1 heterocycles. The molecule has 0 aromatic rings. The summed E-state index contributed by atoms with van der Waals surface area (Å²) < 4.78 is 0. The molecule has 74 valence electrons. The molecule has 2 fully saturated rings. The summed E-state index contributed by atoms with van der Waals surface area (Å²) in [6.07, 6.45) is 8.11. The van der Waals surface area contributed by atoms with Gasteiger partial charge in [-0.1, -0.05) is 5.92 Å². The second-order valence-corrected chi connectivity index (χ2v) is 3.69. The highest BCUT2D eigenvalue weighted by molar-refractivity contribution is 6.02. The average molecular weight is 192 g/mol. The van der Waals surface area contributed by atoms with Crippen LogP contribution >= 0.6 is 0 Å². The van der Waals surface area contributed by atoms with Crippen molar-refractivity contribution in [1.29, 1.82) is 0 Å². The van der Waals surface area contributed by atoms with Gasteiger partial charge < -0.3 is 4.90 Å². The van der Waals surface area contributed by atoms with Crippen LogP contribution in [0.3, 0.4) is 0 Å². The molecule has 4 nitrogen and oxygen atoms in total. The lowest BCUT2D eigenvalue weighted by Gasteiger charge is -2.32. The number of hydrogen-bond acceptors (Lipinski definition) is 2. The minimum atomic E-state index is -0.211. The first-order valence-electron chi connectivity index (χ1n) is 4.78. The highest BCUT2D eigenvalue weighted by Crippen LogP contribution is 2.28. The Labute approximate surface area is 82.9 Å². The molecule has 1 saturated heterocycles. The average Bonchev–Trinajstić information content (AvgIpc) is 2.31. The highest BCUT2D eigenvalue weighted by Gasteiger charge is 2.41. The predicted octanol–water partition coefficient (Wildman–Crippen LogP) is 0.436. The molecule has 0 N–H and O–H groups in total. The van der Waals surface area contributed by atoms with Crippen molar-refractivity contribution in [3.63, 3.8) is 0 Å². The van der Waals surface area contributed by atoms with Crippen molar-refractivity contribution in [2.75, 3.05) is 13.1 Å². The lowest BCUT2D eigenvalue weighted by molar-refractivity contribution is -0.127. The van der Waals surface area contributed by atoms with Crippen molar-refractivity contribution in [3.05, 3.63) is 0 Å². The van der Waals surface area contributed by atoms with Crippen LogP contribution in [0.2, 0.25) is 0 Å². The van der Waals surface area contributed by atoms with Crippen LogP contribution in [0.1, 0.15) is 19.3 Å².